The van der Waals surface area contributed by atoms with Crippen LogP contribution in [0.3, 0.4) is 0 Å². The lowest BCUT2D eigenvalue weighted by atomic mass is 9.96. The van der Waals surface area contributed by atoms with Crippen LogP contribution in [0.1, 0.15) is 67.7 Å². The van der Waals surface area contributed by atoms with Gasteiger partial charge in [-0.15, -0.1) is 0 Å². The molecule has 0 N–H and O–H groups in total. The summed E-state index contributed by atoms with van der Waals surface area (Å²) in [6.45, 7) is 16.7. The van der Waals surface area contributed by atoms with Crippen molar-refractivity contribution in [1.82, 2.24) is 0 Å². The van der Waals surface area contributed by atoms with E-state index >= 15 is 0 Å². The molecule has 0 aliphatic carbocycles. The molecule has 104 valence electrons. The monoisotopic (exact) mass is 354 g/mol. The summed E-state index contributed by atoms with van der Waals surface area (Å²) in [7, 11) is 0. The van der Waals surface area contributed by atoms with Crippen LogP contribution >= 0.6 is 22.6 Å². The van der Waals surface area contributed by atoms with Gasteiger partial charge in [0.25, 0.3) is 0 Å². The quantitative estimate of drug-likeness (QED) is 0.416. The Morgan fingerprint density at radius 2 is 1.53 bits per heavy atom. The molecule has 0 saturated carbocycles. The van der Waals surface area contributed by atoms with E-state index in [1.165, 1.54) is 12.8 Å². The van der Waals surface area contributed by atoms with Gasteiger partial charge >= 0.3 is 0 Å². The van der Waals surface area contributed by atoms with Crippen molar-refractivity contribution >= 4 is 22.6 Å². The van der Waals surface area contributed by atoms with E-state index in [1.54, 1.807) is 0 Å². The van der Waals surface area contributed by atoms with Crippen LogP contribution in [-0.2, 0) is 4.74 Å². The van der Waals surface area contributed by atoms with E-state index in [2.05, 4.69) is 71.1 Å². The van der Waals surface area contributed by atoms with Crippen LogP contribution < -0.4 is 0 Å². The van der Waals surface area contributed by atoms with Crippen molar-refractivity contribution in [1.29, 1.82) is 0 Å². The fraction of sp³-hybridized carbons (Fsp3) is 1.00. The highest BCUT2D eigenvalue weighted by atomic mass is 127. The molecule has 0 rings (SSSR count). The van der Waals surface area contributed by atoms with Crippen LogP contribution in [0.25, 0.3) is 0 Å². The first-order valence-electron chi connectivity index (χ1n) is 6.85. The minimum atomic E-state index is 0.0215. The van der Waals surface area contributed by atoms with Gasteiger partial charge in [0, 0.05) is 10.0 Å². The number of hydrogen-bond acceptors (Lipinski definition) is 1. The maximum absolute atomic E-state index is 6.08. The molecule has 0 aromatic carbocycles. The molecule has 1 atom stereocenters. The highest BCUT2D eigenvalue weighted by molar-refractivity contribution is 14.1. The molecule has 17 heavy (non-hydrogen) atoms. The minimum Gasteiger partial charge on any atom is -0.375 e. The van der Waals surface area contributed by atoms with E-state index in [1.807, 2.05) is 0 Å². The zero-order chi connectivity index (χ0) is 13.7. The van der Waals surface area contributed by atoms with Gasteiger partial charge < -0.3 is 4.74 Å². The molecule has 0 fully saturated rings. The molecule has 0 aromatic rings. The third-order valence-corrected chi connectivity index (χ3v) is 3.49. The Bertz CT molecular complexity index is 203. The summed E-state index contributed by atoms with van der Waals surface area (Å²) in [5.74, 6) is 1.44. The molecule has 1 nitrogen and oxygen atoms in total. The predicted octanol–water partition coefficient (Wildman–Crippen LogP) is 5.46. The van der Waals surface area contributed by atoms with Crippen LogP contribution in [0.2, 0.25) is 0 Å². The number of halogens is 1. The van der Waals surface area contributed by atoms with Gasteiger partial charge in [0.2, 0.25) is 0 Å². The summed E-state index contributed by atoms with van der Waals surface area (Å²) >= 11 is 2.52. The highest BCUT2D eigenvalue weighted by Crippen LogP contribution is 2.29. The molecule has 2 heteroatoms. The van der Waals surface area contributed by atoms with E-state index in [9.17, 15) is 0 Å². The fourth-order valence-corrected chi connectivity index (χ4v) is 2.18. The Labute approximate surface area is 122 Å². The van der Waals surface area contributed by atoms with Crippen LogP contribution in [0.5, 0.6) is 0 Å². The topological polar surface area (TPSA) is 9.23 Å². The average molecular weight is 354 g/mol. The van der Waals surface area contributed by atoms with Gasteiger partial charge in [0.1, 0.15) is 0 Å². The highest BCUT2D eigenvalue weighted by Gasteiger charge is 2.23. The van der Waals surface area contributed by atoms with Crippen LogP contribution in [0.4, 0.5) is 0 Å². The summed E-state index contributed by atoms with van der Waals surface area (Å²) in [6.07, 6.45) is 3.60. The second-order valence-electron chi connectivity index (χ2n) is 7.02. The van der Waals surface area contributed by atoms with Gasteiger partial charge in [-0.3, -0.25) is 0 Å². The zero-order valence-corrected chi connectivity index (χ0v) is 14.9. The molecule has 0 radical (unpaired) electrons. The van der Waals surface area contributed by atoms with Gasteiger partial charge in [-0.25, -0.2) is 0 Å². The van der Waals surface area contributed by atoms with Crippen molar-refractivity contribution < 1.29 is 4.74 Å². The second kappa shape index (κ2) is 7.32. The summed E-state index contributed by atoms with van der Waals surface area (Å²) < 4.78 is 6.46. The number of alkyl halides is 1. The Morgan fingerprint density at radius 3 is 1.94 bits per heavy atom. The van der Waals surface area contributed by atoms with Gasteiger partial charge in [0.15, 0.2) is 0 Å². The molecular weight excluding hydrogens is 323 g/mol. The molecule has 0 saturated heterocycles. The third kappa shape index (κ3) is 11.5. The third-order valence-electron chi connectivity index (χ3n) is 2.95. The van der Waals surface area contributed by atoms with E-state index < -0.39 is 0 Å². The molecule has 0 spiro atoms. The SMILES string of the molecule is CC(C)CC(C)COC(C)(C)CCC(C)(C)I. The zero-order valence-electron chi connectivity index (χ0n) is 12.8. The smallest absolute Gasteiger partial charge is 0.0627 e. The molecule has 0 heterocycles. The first kappa shape index (κ1) is 17.7. The summed E-state index contributed by atoms with van der Waals surface area (Å²) in [5, 5.41) is 0. The van der Waals surface area contributed by atoms with E-state index in [-0.39, 0.29) is 5.60 Å². The minimum absolute atomic E-state index is 0.0215. The van der Waals surface area contributed by atoms with Crippen molar-refractivity contribution in [3.8, 4) is 0 Å². The van der Waals surface area contributed by atoms with Gasteiger partial charge in [-0.2, -0.15) is 0 Å². The van der Waals surface area contributed by atoms with Gasteiger partial charge in [-0.05, 0) is 44.9 Å². The Hall–Kier alpha value is 0.690. The Kier molecular flexibility index (Phi) is 7.62. The fourth-order valence-electron chi connectivity index (χ4n) is 1.91. The van der Waals surface area contributed by atoms with Crippen LogP contribution in [-0.4, -0.2) is 15.6 Å². The lowest BCUT2D eigenvalue weighted by Crippen LogP contribution is -2.29. The Morgan fingerprint density at radius 1 is 1.00 bits per heavy atom. The lowest BCUT2D eigenvalue weighted by molar-refractivity contribution is -0.0425. The van der Waals surface area contributed by atoms with Crippen molar-refractivity contribution in [3.63, 3.8) is 0 Å². The van der Waals surface area contributed by atoms with Gasteiger partial charge in [0.05, 0.1) is 5.60 Å². The molecule has 0 aliphatic rings. The first-order valence-corrected chi connectivity index (χ1v) is 7.92. The number of hydrogen-bond donors (Lipinski definition) is 0. The number of rotatable bonds is 8. The number of ether oxygens (including phenoxy) is 1. The van der Waals surface area contributed by atoms with Crippen molar-refractivity contribution in [3.05, 3.63) is 0 Å². The standard InChI is InChI=1S/C15H31IO/c1-12(2)10-13(3)11-17-15(6,7)9-8-14(4,5)16/h12-13H,8-11H2,1-7H3. The predicted molar refractivity (Wildman–Crippen MR) is 86.0 cm³/mol. The van der Waals surface area contributed by atoms with Crippen LogP contribution in [0, 0.1) is 11.8 Å². The molecule has 1 unspecified atom stereocenters. The van der Waals surface area contributed by atoms with E-state index in [0.29, 0.717) is 9.34 Å². The molecule has 0 bridgehead atoms. The maximum Gasteiger partial charge on any atom is 0.0627 e. The maximum atomic E-state index is 6.08. The Balaban J connectivity index is 3.92. The normalized spacial score (nSPS) is 15.4. The average Bonchev–Trinajstić information content (AvgIpc) is 2.10. The van der Waals surface area contributed by atoms with Crippen LogP contribution in [0.15, 0.2) is 0 Å². The molecule has 0 amide bonds. The lowest BCUT2D eigenvalue weighted by Gasteiger charge is -2.30. The van der Waals surface area contributed by atoms with E-state index in [4.69, 9.17) is 4.74 Å². The first-order chi connectivity index (χ1) is 7.52. The van der Waals surface area contributed by atoms with Gasteiger partial charge in [-0.1, -0.05) is 57.2 Å². The largest absolute Gasteiger partial charge is 0.375 e. The van der Waals surface area contributed by atoms with E-state index in [0.717, 1.165) is 18.9 Å². The summed E-state index contributed by atoms with van der Waals surface area (Å²) in [4.78, 5) is 0. The van der Waals surface area contributed by atoms with Crippen molar-refractivity contribution in [2.75, 3.05) is 6.61 Å². The van der Waals surface area contributed by atoms with Crippen molar-refractivity contribution in [2.45, 2.75) is 76.8 Å². The molecule has 0 aliphatic heterocycles. The van der Waals surface area contributed by atoms with Crippen molar-refractivity contribution in [2.24, 2.45) is 11.8 Å². The molecule has 0 aromatic heterocycles. The second-order valence-corrected chi connectivity index (χ2v) is 9.94. The summed E-state index contributed by atoms with van der Waals surface area (Å²) in [5.41, 5.74) is 0.0215. The summed E-state index contributed by atoms with van der Waals surface area (Å²) in [6, 6.07) is 0. The molecular formula is C15H31IO.